The van der Waals surface area contributed by atoms with E-state index in [4.69, 9.17) is 5.26 Å². The molecule has 1 fully saturated rings. The van der Waals surface area contributed by atoms with E-state index in [-0.39, 0.29) is 11.8 Å². The van der Waals surface area contributed by atoms with E-state index < -0.39 is 10.0 Å². The van der Waals surface area contributed by atoms with Crippen molar-refractivity contribution in [3.05, 3.63) is 35.4 Å². The van der Waals surface area contributed by atoms with Crippen LogP contribution in [-0.2, 0) is 15.8 Å². The molecule has 0 heterocycles. The van der Waals surface area contributed by atoms with Gasteiger partial charge in [0.05, 0.1) is 17.4 Å². The highest BCUT2D eigenvalue weighted by Crippen LogP contribution is 2.20. The number of sulfonamides is 1. The molecule has 0 radical (unpaired) electrons. The number of nitrogens with zero attached hydrogens (tertiary/aromatic N) is 1. The Morgan fingerprint density at radius 1 is 1.35 bits per heavy atom. The maximum absolute atomic E-state index is 11.9. The lowest BCUT2D eigenvalue weighted by Gasteiger charge is -2.26. The summed E-state index contributed by atoms with van der Waals surface area (Å²) in [6.07, 6.45) is 2.92. The van der Waals surface area contributed by atoms with Crippen molar-refractivity contribution >= 4 is 10.0 Å². The van der Waals surface area contributed by atoms with Gasteiger partial charge in [-0.3, -0.25) is 0 Å². The zero-order valence-corrected chi connectivity index (χ0v) is 10.2. The molecule has 0 amide bonds. The predicted octanol–water partition coefficient (Wildman–Crippen LogP) is 1.53. The Morgan fingerprint density at radius 2 is 2.06 bits per heavy atom. The highest BCUT2D eigenvalue weighted by molar-refractivity contribution is 7.88. The van der Waals surface area contributed by atoms with Crippen LogP contribution in [0.25, 0.3) is 0 Å². The van der Waals surface area contributed by atoms with Gasteiger partial charge in [0.15, 0.2) is 0 Å². The summed E-state index contributed by atoms with van der Waals surface area (Å²) in [7, 11) is -3.33. The fraction of sp³-hybridized carbons (Fsp3) is 0.417. The van der Waals surface area contributed by atoms with Crippen molar-refractivity contribution in [1.29, 1.82) is 5.26 Å². The monoisotopic (exact) mass is 250 g/mol. The lowest BCUT2D eigenvalue weighted by Crippen LogP contribution is -2.40. The summed E-state index contributed by atoms with van der Waals surface area (Å²) >= 11 is 0. The number of hydrogen-bond acceptors (Lipinski definition) is 3. The van der Waals surface area contributed by atoms with Gasteiger partial charge in [-0.1, -0.05) is 24.6 Å². The van der Waals surface area contributed by atoms with Crippen LogP contribution in [0.5, 0.6) is 0 Å². The van der Waals surface area contributed by atoms with Crippen LogP contribution in [0.3, 0.4) is 0 Å². The summed E-state index contributed by atoms with van der Waals surface area (Å²) < 4.78 is 26.4. The van der Waals surface area contributed by atoms with Crippen LogP contribution in [-0.4, -0.2) is 14.5 Å². The molecule has 0 aliphatic heterocycles. The van der Waals surface area contributed by atoms with Crippen molar-refractivity contribution in [2.75, 3.05) is 0 Å². The van der Waals surface area contributed by atoms with E-state index in [9.17, 15) is 8.42 Å². The standard InChI is InChI=1S/C12H14N2O2S/c13-8-10-4-1-2-5-11(10)9-17(15,16)14-12-6-3-7-12/h1-2,4-5,12,14H,3,6-7,9H2. The summed E-state index contributed by atoms with van der Waals surface area (Å²) in [5.74, 6) is -0.118. The summed E-state index contributed by atoms with van der Waals surface area (Å²) in [4.78, 5) is 0. The molecular formula is C12H14N2O2S. The van der Waals surface area contributed by atoms with Gasteiger partial charge in [0.1, 0.15) is 0 Å². The van der Waals surface area contributed by atoms with Crippen molar-refractivity contribution < 1.29 is 8.42 Å². The number of nitrogens with one attached hydrogen (secondary N) is 1. The molecule has 5 heteroatoms. The molecule has 90 valence electrons. The first kappa shape index (κ1) is 12.1. The molecule has 1 N–H and O–H groups in total. The van der Waals surface area contributed by atoms with Crippen LogP contribution < -0.4 is 4.72 Å². The Hall–Kier alpha value is -1.38. The molecule has 0 aromatic heterocycles. The van der Waals surface area contributed by atoms with Crippen molar-refractivity contribution in [2.45, 2.75) is 31.1 Å². The first-order valence-corrected chi connectivity index (χ1v) is 7.24. The average molecular weight is 250 g/mol. The van der Waals surface area contributed by atoms with E-state index >= 15 is 0 Å². The van der Waals surface area contributed by atoms with Crippen LogP contribution in [0.15, 0.2) is 24.3 Å². The molecule has 0 saturated heterocycles. The van der Waals surface area contributed by atoms with E-state index in [0.29, 0.717) is 11.1 Å². The quantitative estimate of drug-likeness (QED) is 0.881. The molecule has 2 rings (SSSR count). The smallest absolute Gasteiger partial charge is 0.212 e. The molecule has 1 saturated carbocycles. The third-order valence-electron chi connectivity index (χ3n) is 2.93. The molecule has 1 aromatic carbocycles. The zero-order valence-electron chi connectivity index (χ0n) is 9.39. The lowest BCUT2D eigenvalue weighted by molar-refractivity contribution is 0.383. The summed E-state index contributed by atoms with van der Waals surface area (Å²) in [6, 6.07) is 8.89. The Kier molecular flexibility index (Phi) is 3.46. The number of nitriles is 1. The Labute approximate surface area is 101 Å². The van der Waals surface area contributed by atoms with Gasteiger partial charge in [0.2, 0.25) is 10.0 Å². The van der Waals surface area contributed by atoms with Gasteiger partial charge < -0.3 is 0 Å². The second-order valence-electron chi connectivity index (χ2n) is 4.27. The molecule has 17 heavy (non-hydrogen) atoms. The Balaban J connectivity index is 2.11. The molecule has 0 atom stereocenters. The SMILES string of the molecule is N#Cc1ccccc1CS(=O)(=O)NC1CCC1. The highest BCUT2D eigenvalue weighted by atomic mass is 32.2. The number of benzene rings is 1. The zero-order chi connectivity index (χ0) is 12.3. The Bertz CT molecular complexity index is 542. The van der Waals surface area contributed by atoms with Crippen LogP contribution in [0.2, 0.25) is 0 Å². The maximum atomic E-state index is 11.9. The van der Waals surface area contributed by atoms with Gasteiger partial charge in [0, 0.05) is 6.04 Å². The fourth-order valence-corrected chi connectivity index (χ4v) is 3.27. The molecule has 1 aliphatic carbocycles. The van der Waals surface area contributed by atoms with Gasteiger partial charge in [0.25, 0.3) is 0 Å². The minimum Gasteiger partial charge on any atom is -0.212 e. The van der Waals surface area contributed by atoms with E-state index in [1.165, 1.54) is 0 Å². The fourth-order valence-electron chi connectivity index (χ4n) is 1.78. The van der Waals surface area contributed by atoms with E-state index in [1.807, 2.05) is 6.07 Å². The highest BCUT2D eigenvalue weighted by Gasteiger charge is 2.23. The van der Waals surface area contributed by atoms with Crippen LogP contribution in [0.4, 0.5) is 0 Å². The topological polar surface area (TPSA) is 70.0 Å². The van der Waals surface area contributed by atoms with Crippen LogP contribution in [0.1, 0.15) is 30.4 Å². The van der Waals surface area contributed by atoms with Crippen molar-refractivity contribution in [3.63, 3.8) is 0 Å². The van der Waals surface area contributed by atoms with Gasteiger partial charge in [-0.25, -0.2) is 13.1 Å². The van der Waals surface area contributed by atoms with Gasteiger partial charge in [-0.05, 0) is 24.5 Å². The first-order chi connectivity index (χ1) is 8.11. The minimum atomic E-state index is -3.33. The largest absolute Gasteiger partial charge is 0.216 e. The van der Waals surface area contributed by atoms with Crippen LogP contribution >= 0.6 is 0 Å². The van der Waals surface area contributed by atoms with Crippen molar-refractivity contribution in [1.82, 2.24) is 4.72 Å². The number of hydrogen-bond donors (Lipinski definition) is 1. The molecule has 0 bridgehead atoms. The van der Waals surface area contributed by atoms with Gasteiger partial charge in [-0.2, -0.15) is 5.26 Å². The van der Waals surface area contributed by atoms with Crippen molar-refractivity contribution in [2.24, 2.45) is 0 Å². The summed E-state index contributed by atoms with van der Waals surface area (Å²) in [6.45, 7) is 0. The molecule has 1 aliphatic rings. The van der Waals surface area contributed by atoms with E-state index in [0.717, 1.165) is 19.3 Å². The average Bonchev–Trinajstić information content (AvgIpc) is 2.24. The second-order valence-corrected chi connectivity index (χ2v) is 6.03. The summed E-state index contributed by atoms with van der Waals surface area (Å²) in [5, 5.41) is 8.89. The minimum absolute atomic E-state index is 0.0919. The van der Waals surface area contributed by atoms with E-state index in [1.54, 1.807) is 24.3 Å². The normalized spacial score (nSPS) is 16.2. The van der Waals surface area contributed by atoms with Crippen LogP contribution in [0, 0.1) is 11.3 Å². The molecular weight excluding hydrogens is 236 g/mol. The number of rotatable bonds is 4. The van der Waals surface area contributed by atoms with Crippen molar-refractivity contribution in [3.8, 4) is 6.07 Å². The second kappa shape index (κ2) is 4.86. The lowest BCUT2D eigenvalue weighted by atomic mass is 9.94. The summed E-state index contributed by atoms with van der Waals surface area (Å²) in [5.41, 5.74) is 0.980. The third kappa shape index (κ3) is 3.05. The van der Waals surface area contributed by atoms with E-state index in [2.05, 4.69) is 4.72 Å². The maximum Gasteiger partial charge on any atom is 0.216 e. The molecule has 1 aromatic rings. The molecule has 4 nitrogen and oxygen atoms in total. The molecule has 0 spiro atoms. The Morgan fingerprint density at radius 3 is 2.65 bits per heavy atom. The molecule has 0 unspecified atom stereocenters. The third-order valence-corrected chi connectivity index (χ3v) is 4.32. The first-order valence-electron chi connectivity index (χ1n) is 5.59. The van der Waals surface area contributed by atoms with Gasteiger partial charge >= 0.3 is 0 Å². The predicted molar refractivity (Wildman–Crippen MR) is 64.6 cm³/mol. The van der Waals surface area contributed by atoms with Gasteiger partial charge in [-0.15, -0.1) is 0 Å².